The zero-order valence-corrected chi connectivity index (χ0v) is 17.0. The van der Waals surface area contributed by atoms with Crippen molar-refractivity contribution in [2.45, 2.75) is 12.8 Å². The first-order valence-corrected chi connectivity index (χ1v) is 10.6. The molecule has 1 N–H and O–H groups in total. The molecule has 2 amide bonds. The third-order valence-electron chi connectivity index (χ3n) is 4.57. The van der Waals surface area contributed by atoms with Gasteiger partial charge in [0.05, 0.1) is 25.7 Å². The number of hydrogen-bond acceptors (Lipinski definition) is 6. The Labute approximate surface area is 169 Å². The van der Waals surface area contributed by atoms with Gasteiger partial charge in [0, 0.05) is 18.5 Å². The van der Waals surface area contributed by atoms with Crippen LogP contribution in [0.1, 0.15) is 22.3 Å². The number of carbonyl (C=O) groups is 2. The van der Waals surface area contributed by atoms with Gasteiger partial charge in [-0.05, 0) is 42.3 Å². The zero-order chi connectivity index (χ0) is 21.0. The van der Waals surface area contributed by atoms with Crippen LogP contribution < -0.4 is 19.1 Å². The molecular formula is C20H22N2O6S. The molecule has 0 saturated carbocycles. The van der Waals surface area contributed by atoms with Crippen molar-refractivity contribution in [2.24, 2.45) is 0 Å². The lowest BCUT2D eigenvalue weighted by Gasteiger charge is -2.16. The number of sulfonamides is 1. The van der Waals surface area contributed by atoms with Crippen LogP contribution in [0, 0.1) is 0 Å². The number of amides is 2. The molecule has 1 heterocycles. The largest absolute Gasteiger partial charge is 0.493 e. The van der Waals surface area contributed by atoms with Crippen molar-refractivity contribution in [2.75, 3.05) is 30.8 Å². The second kappa shape index (κ2) is 8.52. The van der Waals surface area contributed by atoms with Crippen molar-refractivity contribution >= 4 is 27.5 Å². The van der Waals surface area contributed by atoms with Crippen molar-refractivity contribution in [3.8, 4) is 11.5 Å². The van der Waals surface area contributed by atoms with E-state index in [1.807, 2.05) is 12.1 Å². The smallest absolute Gasteiger partial charge is 0.251 e. The van der Waals surface area contributed by atoms with E-state index in [4.69, 9.17) is 9.47 Å². The average Bonchev–Trinajstić information content (AvgIpc) is 3.00. The number of ether oxygens (including phenoxy) is 2. The van der Waals surface area contributed by atoms with Gasteiger partial charge in [0.25, 0.3) is 5.91 Å². The topological polar surface area (TPSA) is 102 Å². The number of rotatable bonds is 7. The summed E-state index contributed by atoms with van der Waals surface area (Å²) in [6, 6.07) is 11.6. The Hall–Kier alpha value is -3.07. The van der Waals surface area contributed by atoms with E-state index in [0.29, 0.717) is 24.5 Å². The lowest BCUT2D eigenvalue weighted by molar-refractivity contribution is -0.116. The highest BCUT2D eigenvalue weighted by Crippen LogP contribution is 2.28. The molecule has 2 aromatic rings. The second-order valence-electron chi connectivity index (χ2n) is 6.47. The Morgan fingerprint density at radius 1 is 1.10 bits per heavy atom. The number of carbonyl (C=O) groups excluding carboxylic acids is 2. The number of methoxy groups -OCH3 is 2. The van der Waals surface area contributed by atoms with E-state index in [9.17, 15) is 18.0 Å². The third kappa shape index (κ3) is 4.51. The number of nitrogens with one attached hydrogen (secondary N) is 1. The predicted molar refractivity (Wildman–Crippen MR) is 108 cm³/mol. The number of nitrogens with zero attached hydrogens (tertiary/aromatic N) is 1. The van der Waals surface area contributed by atoms with Gasteiger partial charge in [-0.2, -0.15) is 0 Å². The molecule has 9 heteroatoms. The number of anilines is 1. The molecule has 0 unspecified atom stereocenters. The van der Waals surface area contributed by atoms with Gasteiger partial charge in [-0.3, -0.25) is 9.59 Å². The fourth-order valence-corrected chi connectivity index (χ4v) is 4.55. The third-order valence-corrected chi connectivity index (χ3v) is 6.26. The fourth-order valence-electron chi connectivity index (χ4n) is 3.10. The second-order valence-corrected chi connectivity index (χ2v) is 8.41. The minimum absolute atomic E-state index is 0.0515. The predicted octanol–water partition coefficient (Wildman–Crippen LogP) is 1.74. The van der Waals surface area contributed by atoms with Gasteiger partial charge >= 0.3 is 0 Å². The molecule has 0 bridgehead atoms. The summed E-state index contributed by atoms with van der Waals surface area (Å²) in [7, 11) is -0.548. The van der Waals surface area contributed by atoms with Crippen molar-refractivity contribution in [1.82, 2.24) is 5.32 Å². The monoisotopic (exact) mass is 418 g/mol. The summed E-state index contributed by atoms with van der Waals surface area (Å²) in [4.78, 5) is 24.4. The summed E-state index contributed by atoms with van der Waals surface area (Å²) < 4.78 is 35.4. The maximum Gasteiger partial charge on any atom is 0.251 e. The van der Waals surface area contributed by atoms with Gasteiger partial charge in [0.2, 0.25) is 15.9 Å². The van der Waals surface area contributed by atoms with Crippen molar-refractivity contribution in [3.63, 3.8) is 0 Å². The van der Waals surface area contributed by atoms with Crippen LogP contribution >= 0.6 is 0 Å². The van der Waals surface area contributed by atoms with Gasteiger partial charge in [-0.1, -0.05) is 12.1 Å². The molecule has 29 heavy (non-hydrogen) atoms. The highest BCUT2D eigenvalue weighted by molar-refractivity contribution is 7.94. The molecule has 3 rings (SSSR count). The maximum absolute atomic E-state index is 12.5. The minimum atomic E-state index is -3.67. The first kappa shape index (κ1) is 20.7. The number of hydrogen-bond donors (Lipinski definition) is 1. The van der Waals surface area contributed by atoms with E-state index < -0.39 is 15.9 Å². The van der Waals surface area contributed by atoms with Crippen LogP contribution in [0.2, 0.25) is 0 Å². The van der Waals surface area contributed by atoms with Crippen LogP contribution in [0.4, 0.5) is 5.69 Å². The highest BCUT2D eigenvalue weighted by Gasteiger charge is 2.36. The van der Waals surface area contributed by atoms with Gasteiger partial charge in [-0.25, -0.2) is 12.7 Å². The summed E-state index contributed by atoms with van der Waals surface area (Å²) in [6.07, 6.45) is 0.523. The Morgan fingerprint density at radius 3 is 2.52 bits per heavy atom. The molecule has 0 aromatic heterocycles. The van der Waals surface area contributed by atoms with Crippen LogP contribution in [0.25, 0.3) is 0 Å². The number of benzene rings is 2. The normalized spacial score (nSPS) is 15.2. The molecule has 1 aliphatic heterocycles. The molecule has 0 radical (unpaired) electrons. The van der Waals surface area contributed by atoms with Gasteiger partial charge < -0.3 is 14.8 Å². The van der Waals surface area contributed by atoms with E-state index in [2.05, 4.69) is 5.32 Å². The lowest BCUT2D eigenvalue weighted by Crippen LogP contribution is -2.30. The van der Waals surface area contributed by atoms with E-state index in [1.54, 1.807) is 32.4 Å². The molecule has 8 nitrogen and oxygen atoms in total. The molecule has 0 aliphatic carbocycles. The SMILES string of the molecule is COc1ccc(CCNC(=O)c2cccc(N3C(=O)CCS3(=O)=O)c2)cc1OC. The van der Waals surface area contributed by atoms with E-state index in [1.165, 1.54) is 12.1 Å². The molecule has 0 spiro atoms. The Kier molecular flexibility index (Phi) is 6.07. The fraction of sp³-hybridized carbons (Fsp3) is 0.300. The molecule has 0 atom stereocenters. The van der Waals surface area contributed by atoms with E-state index in [0.717, 1.165) is 9.87 Å². The van der Waals surface area contributed by atoms with Crippen LogP contribution in [-0.2, 0) is 21.2 Å². The summed E-state index contributed by atoms with van der Waals surface area (Å²) in [5.41, 5.74) is 1.43. The van der Waals surface area contributed by atoms with Crippen molar-refractivity contribution in [1.29, 1.82) is 0 Å². The maximum atomic E-state index is 12.5. The summed E-state index contributed by atoms with van der Waals surface area (Å²) in [5.74, 6) is 0.185. The van der Waals surface area contributed by atoms with Crippen molar-refractivity contribution < 1.29 is 27.5 Å². The Bertz CT molecular complexity index is 1040. The molecule has 2 aromatic carbocycles. The Morgan fingerprint density at radius 2 is 1.86 bits per heavy atom. The van der Waals surface area contributed by atoms with Crippen LogP contribution in [-0.4, -0.2) is 46.7 Å². The van der Waals surface area contributed by atoms with Crippen molar-refractivity contribution in [3.05, 3.63) is 53.6 Å². The molecule has 154 valence electrons. The average molecular weight is 418 g/mol. The first-order chi connectivity index (χ1) is 13.9. The highest BCUT2D eigenvalue weighted by atomic mass is 32.2. The van der Waals surface area contributed by atoms with Gasteiger partial charge in [0.1, 0.15) is 0 Å². The molecular weight excluding hydrogens is 396 g/mol. The lowest BCUT2D eigenvalue weighted by atomic mass is 10.1. The van der Waals surface area contributed by atoms with E-state index in [-0.39, 0.29) is 29.3 Å². The van der Waals surface area contributed by atoms with Gasteiger partial charge in [0.15, 0.2) is 11.5 Å². The minimum Gasteiger partial charge on any atom is -0.493 e. The van der Waals surface area contributed by atoms with Gasteiger partial charge in [-0.15, -0.1) is 0 Å². The quantitative estimate of drug-likeness (QED) is 0.735. The molecule has 1 saturated heterocycles. The summed E-state index contributed by atoms with van der Waals surface area (Å²) >= 11 is 0. The van der Waals surface area contributed by atoms with Crippen LogP contribution in [0.15, 0.2) is 42.5 Å². The first-order valence-electron chi connectivity index (χ1n) is 9.00. The Balaban J connectivity index is 1.65. The van der Waals surface area contributed by atoms with Crippen LogP contribution in [0.3, 0.4) is 0 Å². The zero-order valence-electron chi connectivity index (χ0n) is 16.2. The van der Waals surface area contributed by atoms with E-state index >= 15 is 0 Å². The summed E-state index contributed by atoms with van der Waals surface area (Å²) in [6.45, 7) is 0.374. The van der Waals surface area contributed by atoms with Crippen LogP contribution in [0.5, 0.6) is 11.5 Å². The standard InChI is InChI=1S/C20H22N2O6S/c1-27-17-7-6-14(12-18(17)28-2)8-10-21-20(24)15-4-3-5-16(13-15)22-19(23)9-11-29(22,25)26/h3-7,12-13H,8-11H2,1-2H3,(H,21,24). The molecule has 1 aliphatic rings. The molecule has 1 fully saturated rings. The summed E-state index contributed by atoms with van der Waals surface area (Å²) in [5, 5.41) is 2.80.